The topological polar surface area (TPSA) is 60.1 Å². The number of hydrogen-bond donors (Lipinski definition) is 1. The molecule has 1 aliphatic rings. The summed E-state index contributed by atoms with van der Waals surface area (Å²) in [5.41, 5.74) is 4.52. The van der Waals surface area contributed by atoms with E-state index in [1.54, 1.807) is 6.07 Å². The van der Waals surface area contributed by atoms with Crippen LogP contribution in [0.1, 0.15) is 57.7 Å². The number of fused-ring (bicyclic) bond motifs is 1. The van der Waals surface area contributed by atoms with Crippen molar-refractivity contribution in [1.29, 1.82) is 0 Å². The van der Waals surface area contributed by atoms with Crippen LogP contribution >= 0.6 is 15.9 Å². The Labute approximate surface area is 166 Å². The van der Waals surface area contributed by atoms with Gasteiger partial charge < -0.3 is 9.73 Å². The summed E-state index contributed by atoms with van der Waals surface area (Å²) in [7, 11) is 0. The van der Waals surface area contributed by atoms with Crippen molar-refractivity contribution < 1.29 is 9.21 Å². The fourth-order valence-corrected chi connectivity index (χ4v) is 3.98. The van der Waals surface area contributed by atoms with Gasteiger partial charge in [-0.05, 0) is 72.3 Å². The van der Waals surface area contributed by atoms with Crippen LogP contribution in [0.3, 0.4) is 0 Å². The molecule has 0 fully saturated rings. The van der Waals surface area contributed by atoms with Crippen molar-refractivity contribution in [3.05, 3.63) is 74.9 Å². The molecular weight excluding hydrogens is 406 g/mol. The number of hydrogen-bond acceptors (Lipinski definition) is 3. The van der Waals surface area contributed by atoms with E-state index in [4.69, 9.17) is 4.42 Å². The SMILES string of the molecule is Cc1nn(Cc2ccc(C(=O)NC3CCCc4ccccc43)o2)c(C)c1Br. The first-order valence-electron chi connectivity index (χ1n) is 9.20. The first-order valence-corrected chi connectivity index (χ1v) is 9.99. The number of halogens is 1. The molecule has 0 radical (unpaired) electrons. The van der Waals surface area contributed by atoms with E-state index in [2.05, 4.69) is 44.5 Å². The standard InChI is InChI=1S/C21H22BrN3O2/c1-13-20(22)14(2)25(24-13)12-16-10-11-19(27-16)21(26)23-18-9-5-7-15-6-3-4-8-17(15)18/h3-4,6,8,10-11,18H,5,7,9,12H2,1-2H3,(H,23,26). The van der Waals surface area contributed by atoms with Gasteiger partial charge in [0.05, 0.1) is 28.4 Å². The van der Waals surface area contributed by atoms with Gasteiger partial charge in [-0.25, -0.2) is 0 Å². The lowest BCUT2D eigenvalue weighted by molar-refractivity contribution is 0.0902. The van der Waals surface area contributed by atoms with Crippen LogP contribution in [0, 0.1) is 13.8 Å². The Bertz CT molecular complexity index is 989. The Morgan fingerprint density at radius 2 is 2.11 bits per heavy atom. The highest BCUT2D eigenvalue weighted by Gasteiger charge is 2.23. The molecule has 0 saturated heterocycles. The van der Waals surface area contributed by atoms with Gasteiger partial charge in [-0.3, -0.25) is 9.48 Å². The maximum atomic E-state index is 12.7. The lowest BCUT2D eigenvalue weighted by Gasteiger charge is -2.26. The maximum absolute atomic E-state index is 12.7. The molecule has 27 heavy (non-hydrogen) atoms. The Kier molecular flexibility index (Phi) is 4.91. The Hall–Kier alpha value is -2.34. The van der Waals surface area contributed by atoms with Gasteiger partial charge in [-0.15, -0.1) is 0 Å². The monoisotopic (exact) mass is 427 g/mol. The highest BCUT2D eigenvalue weighted by molar-refractivity contribution is 9.10. The van der Waals surface area contributed by atoms with E-state index < -0.39 is 0 Å². The van der Waals surface area contributed by atoms with Crippen LogP contribution in [0.5, 0.6) is 0 Å². The number of carbonyl (C=O) groups excluding carboxylic acids is 1. The highest BCUT2D eigenvalue weighted by Crippen LogP contribution is 2.29. The minimum atomic E-state index is -0.169. The van der Waals surface area contributed by atoms with E-state index in [0.29, 0.717) is 18.1 Å². The maximum Gasteiger partial charge on any atom is 0.287 e. The van der Waals surface area contributed by atoms with Gasteiger partial charge in [0.25, 0.3) is 5.91 Å². The zero-order chi connectivity index (χ0) is 19.0. The van der Waals surface area contributed by atoms with Crippen molar-refractivity contribution in [1.82, 2.24) is 15.1 Å². The van der Waals surface area contributed by atoms with E-state index >= 15 is 0 Å². The van der Waals surface area contributed by atoms with Gasteiger partial charge in [-0.1, -0.05) is 24.3 Å². The molecule has 4 rings (SSSR count). The summed E-state index contributed by atoms with van der Waals surface area (Å²) in [4.78, 5) is 12.7. The van der Waals surface area contributed by atoms with Crippen LogP contribution in [0.4, 0.5) is 0 Å². The lowest BCUT2D eigenvalue weighted by atomic mass is 9.88. The van der Waals surface area contributed by atoms with Crippen LogP contribution in [-0.2, 0) is 13.0 Å². The van der Waals surface area contributed by atoms with Crippen molar-refractivity contribution in [2.75, 3.05) is 0 Å². The summed E-state index contributed by atoms with van der Waals surface area (Å²) in [6.45, 7) is 4.45. The van der Waals surface area contributed by atoms with Crippen molar-refractivity contribution in [3.8, 4) is 0 Å². The fraction of sp³-hybridized carbons (Fsp3) is 0.333. The number of benzene rings is 1. The number of aromatic nitrogens is 2. The molecule has 6 heteroatoms. The normalized spacial score (nSPS) is 16.2. The average Bonchev–Trinajstić information content (AvgIpc) is 3.23. The second kappa shape index (κ2) is 7.35. The molecule has 0 bridgehead atoms. The quantitative estimate of drug-likeness (QED) is 0.655. The number of nitrogens with zero attached hydrogens (tertiary/aromatic N) is 2. The fourth-order valence-electron chi connectivity index (χ4n) is 3.69. The molecule has 140 valence electrons. The molecule has 1 atom stereocenters. The number of furan rings is 1. The molecule has 1 aliphatic carbocycles. The van der Waals surface area contributed by atoms with Crippen LogP contribution in [-0.4, -0.2) is 15.7 Å². The van der Waals surface area contributed by atoms with Gasteiger partial charge in [0.2, 0.25) is 0 Å². The first kappa shape index (κ1) is 18.0. The molecule has 1 N–H and O–H groups in total. The first-order chi connectivity index (χ1) is 13.0. The summed E-state index contributed by atoms with van der Waals surface area (Å²) in [5.74, 6) is 0.883. The number of rotatable bonds is 4. The van der Waals surface area contributed by atoms with Crippen LogP contribution in [0.15, 0.2) is 45.3 Å². The summed E-state index contributed by atoms with van der Waals surface area (Å²) in [6, 6.07) is 12.0. The summed E-state index contributed by atoms with van der Waals surface area (Å²) in [5, 5.41) is 7.62. The average molecular weight is 428 g/mol. The molecule has 2 heterocycles. The summed E-state index contributed by atoms with van der Waals surface area (Å²) < 4.78 is 8.67. The van der Waals surface area contributed by atoms with Gasteiger partial charge >= 0.3 is 0 Å². The van der Waals surface area contributed by atoms with E-state index in [9.17, 15) is 4.79 Å². The Balaban J connectivity index is 1.47. The van der Waals surface area contributed by atoms with Crippen molar-refractivity contribution in [3.63, 3.8) is 0 Å². The van der Waals surface area contributed by atoms with Crippen molar-refractivity contribution >= 4 is 21.8 Å². The van der Waals surface area contributed by atoms with Gasteiger partial charge in [0.1, 0.15) is 5.76 Å². The Morgan fingerprint density at radius 1 is 1.30 bits per heavy atom. The molecule has 3 aromatic rings. The molecule has 1 aromatic carbocycles. The highest BCUT2D eigenvalue weighted by atomic mass is 79.9. The van der Waals surface area contributed by atoms with Gasteiger partial charge in [0, 0.05) is 0 Å². The smallest absolute Gasteiger partial charge is 0.287 e. The zero-order valence-corrected chi connectivity index (χ0v) is 17.0. The van der Waals surface area contributed by atoms with E-state index in [-0.39, 0.29) is 11.9 Å². The van der Waals surface area contributed by atoms with E-state index in [0.717, 1.165) is 35.1 Å². The van der Waals surface area contributed by atoms with Crippen LogP contribution in [0.2, 0.25) is 0 Å². The van der Waals surface area contributed by atoms with Crippen molar-refractivity contribution in [2.45, 2.75) is 45.7 Å². The molecule has 1 unspecified atom stereocenters. The molecule has 0 aliphatic heterocycles. The predicted molar refractivity (Wildman–Crippen MR) is 107 cm³/mol. The second-order valence-electron chi connectivity index (χ2n) is 7.03. The largest absolute Gasteiger partial charge is 0.454 e. The lowest BCUT2D eigenvalue weighted by Crippen LogP contribution is -2.30. The predicted octanol–water partition coefficient (Wildman–Crippen LogP) is 4.71. The van der Waals surface area contributed by atoms with Crippen LogP contribution < -0.4 is 5.32 Å². The minimum absolute atomic E-state index is 0.0444. The third-order valence-corrected chi connectivity index (χ3v) is 6.31. The number of nitrogens with one attached hydrogen (secondary N) is 1. The second-order valence-corrected chi connectivity index (χ2v) is 7.82. The van der Waals surface area contributed by atoms with E-state index in [1.165, 1.54) is 11.1 Å². The van der Waals surface area contributed by atoms with Gasteiger partial charge in [-0.2, -0.15) is 5.10 Å². The minimum Gasteiger partial charge on any atom is -0.454 e. The molecule has 0 spiro atoms. The van der Waals surface area contributed by atoms with Crippen LogP contribution in [0.25, 0.3) is 0 Å². The Morgan fingerprint density at radius 3 is 2.89 bits per heavy atom. The van der Waals surface area contributed by atoms with Crippen molar-refractivity contribution in [2.24, 2.45) is 0 Å². The number of amides is 1. The third kappa shape index (κ3) is 3.58. The van der Waals surface area contributed by atoms with Gasteiger partial charge in [0.15, 0.2) is 5.76 Å². The summed E-state index contributed by atoms with van der Waals surface area (Å²) in [6.07, 6.45) is 3.11. The zero-order valence-electron chi connectivity index (χ0n) is 15.5. The number of aryl methyl sites for hydroxylation is 2. The molecular formula is C21H22BrN3O2. The molecule has 2 aromatic heterocycles. The molecule has 5 nitrogen and oxygen atoms in total. The van der Waals surface area contributed by atoms with E-state index in [1.807, 2.05) is 30.7 Å². The molecule has 1 amide bonds. The number of carbonyl (C=O) groups is 1. The molecule has 0 saturated carbocycles. The summed E-state index contributed by atoms with van der Waals surface area (Å²) >= 11 is 3.53. The third-order valence-electron chi connectivity index (χ3n) is 5.16.